The fourth-order valence-corrected chi connectivity index (χ4v) is 1.69. The number of aryl methyl sites for hydroxylation is 2. The molecule has 1 heterocycles. The van der Waals surface area contributed by atoms with Crippen molar-refractivity contribution in [3.63, 3.8) is 0 Å². The number of hydrogen-bond acceptors (Lipinski definition) is 4. The molecular formula is C12H22N4O2. The van der Waals surface area contributed by atoms with Crippen LogP contribution in [0.15, 0.2) is 6.20 Å². The molecule has 1 unspecified atom stereocenters. The van der Waals surface area contributed by atoms with Gasteiger partial charge in [0.15, 0.2) is 0 Å². The second-order valence-corrected chi connectivity index (χ2v) is 4.61. The number of amides is 1. The van der Waals surface area contributed by atoms with Crippen molar-refractivity contribution < 1.29 is 9.90 Å². The Morgan fingerprint density at radius 2 is 2.28 bits per heavy atom. The lowest BCUT2D eigenvalue weighted by Gasteiger charge is -2.16. The molecule has 0 aliphatic rings. The molecule has 2 N–H and O–H groups in total. The fraction of sp³-hybridized carbons (Fsp3) is 0.667. The quantitative estimate of drug-likeness (QED) is 0.741. The van der Waals surface area contributed by atoms with E-state index >= 15 is 0 Å². The molecule has 1 rings (SSSR count). The van der Waals surface area contributed by atoms with Crippen LogP contribution in [-0.4, -0.2) is 59.0 Å². The van der Waals surface area contributed by atoms with E-state index in [1.807, 2.05) is 25.9 Å². The van der Waals surface area contributed by atoms with E-state index in [0.29, 0.717) is 17.8 Å². The summed E-state index contributed by atoms with van der Waals surface area (Å²) < 4.78 is 1.72. The zero-order chi connectivity index (χ0) is 13.7. The first-order valence-corrected chi connectivity index (χ1v) is 6.09. The van der Waals surface area contributed by atoms with Crippen LogP contribution in [0.25, 0.3) is 0 Å². The highest BCUT2D eigenvalue weighted by Gasteiger charge is 2.14. The molecule has 0 saturated heterocycles. The molecule has 1 aromatic rings. The highest BCUT2D eigenvalue weighted by atomic mass is 16.3. The zero-order valence-electron chi connectivity index (χ0n) is 11.5. The van der Waals surface area contributed by atoms with Crippen LogP contribution in [-0.2, 0) is 6.54 Å². The van der Waals surface area contributed by atoms with Gasteiger partial charge in [-0.2, -0.15) is 5.10 Å². The van der Waals surface area contributed by atoms with Crippen molar-refractivity contribution in [3.8, 4) is 0 Å². The molecule has 0 radical (unpaired) electrons. The van der Waals surface area contributed by atoms with Gasteiger partial charge < -0.3 is 15.3 Å². The number of nitrogens with one attached hydrogen (secondary N) is 1. The van der Waals surface area contributed by atoms with Gasteiger partial charge in [0, 0.05) is 25.8 Å². The maximum atomic E-state index is 11.9. The molecule has 0 saturated carbocycles. The van der Waals surface area contributed by atoms with Crippen molar-refractivity contribution in [2.75, 3.05) is 27.2 Å². The Bertz CT molecular complexity index is 401. The van der Waals surface area contributed by atoms with Gasteiger partial charge in [-0.25, -0.2) is 0 Å². The minimum Gasteiger partial charge on any atom is -0.390 e. The fourth-order valence-electron chi connectivity index (χ4n) is 1.69. The molecule has 1 amide bonds. The van der Waals surface area contributed by atoms with E-state index in [9.17, 15) is 9.90 Å². The van der Waals surface area contributed by atoms with Gasteiger partial charge in [0.25, 0.3) is 5.91 Å². The zero-order valence-corrected chi connectivity index (χ0v) is 11.5. The predicted molar refractivity (Wildman–Crippen MR) is 69.5 cm³/mol. The normalized spacial score (nSPS) is 12.8. The number of rotatable bonds is 6. The first-order chi connectivity index (χ1) is 8.43. The maximum absolute atomic E-state index is 11.9. The van der Waals surface area contributed by atoms with E-state index in [2.05, 4.69) is 10.4 Å². The molecule has 0 aliphatic heterocycles. The van der Waals surface area contributed by atoms with Gasteiger partial charge >= 0.3 is 0 Å². The number of likely N-dealkylation sites (N-methyl/N-ethyl adjacent to an activating group) is 1. The van der Waals surface area contributed by atoms with Gasteiger partial charge in [0.1, 0.15) is 0 Å². The number of carbonyl (C=O) groups excluding carboxylic acids is 1. The molecule has 0 spiro atoms. The minimum atomic E-state index is -0.564. The second-order valence-electron chi connectivity index (χ2n) is 4.61. The number of aliphatic hydroxyl groups is 1. The lowest BCUT2D eigenvalue weighted by Crippen LogP contribution is -2.37. The topological polar surface area (TPSA) is 70.4 Å². The molecule has 102 valence electrons. The van der Waals surface area contributed by atoms with Gasteiger partial charge in [0.2, 0.25) is 0 Å². The van der Waals surface area contributed by atoms with Crippen LogP contribution in [0.1, 0.15) is 23.0 Å². The number of hydrogen-bond donors (Lipinski definition) is 2. The van der Waals surface area contributed by atoms with Gasteiger partial charge in [-0.1, -0.05) is 0 Å². The van der Waals surface area contributed by atoms with Crippen molar-refractivity contribution in [2.24, 2.45) is 0 Å². The summed E-state index contributed by atoms with van der Waals surface area (Å²) in [7, 11) is 3.75. The van der Waals surface area contributed by atoms with Gasteiger partial charge in [-0.15, -0.1) is 0 Å². The molecule has 0 aliphatic carbocycles. The lowest BCUT2D eigenvalue weighted by molar-refractivity contribution is 0.0891. The molecule has 0 fully saturated rings. The summed E-state index contributed by atoms with van der Waals surface area (Å²) in [6.45, 7) is 5.27. The van der Waals surface area contributed by atoms with E-state index in [1.165, 1.54) is 0 Å². The Morgan fingerprint density at radius 3 is 2.78 bits per heavy atom. The average Bonchev–Trinajstić information content (AvgIpc) is 2.66. The van der Waals surface area contributed by atoms with Gasteiger partial charge in [-0.05, 0) is 27.9 Å². The highest BCUT2D eigenvalue weighted by Crippen LogP contribution is 2.05. The highest BCUT2D eigenvalue weighted by molar-refractivity contribution is 5.95. The minimum absolute atomic E-state index is 0.190. The molecule has 0 aromatic carbocycles. The van der Waals surface area contributed by atoms with Crippen molar-refractivity contribution in [2.45, 2.75) is 26.5 Å². The molecule has 6 nitrogen and oxygen atoms in total. The Hall–Kier alpha value is -1.40. The van der Waals surface area contributed by atoms with E-state index in [-0.39, 0.29) is 12.5 Å². The molecule has 6 heteroatoms. The summed E-state index contributed by atoms with van der Waals surface area (Å²) in [4.78, 5) is 13.8. The molecule has 1 aromatic heterocycles. The smallest absolute Gasteiger partial charge is 0.254 e. The van der Waals surface area contributed by atoms with Crippen LogP contribution in [0, 0.1) is 6.92 Å². The number of nitrogens with zero attached hydrogens (tertiary/aromatic N) is 3. The van der Waals surface area contributed by atoms with Gasteiger partial charge in [-0.3, -0.25) is 9.48 Å². The maximum Gasteiger partial charge on any atom is 0.254 e. The third-order valence-corrected chi connectivity index (χ3v) is 2.59. The van der Waals surface area contributed by atoms with E-state index in [0.717, 1.165) is 6.54 Å². The first kappa shape index (κ1) is 14.7. The van der Waals surface area contributed by atoms with Crippen molar-refractivity contribution in [1.82, 2.24) is 20.0 Å². The van der Waals surface area contributed by atoms with Crippen molar-refractivity contribution >= 4 is 5.91 Å². The van der Waals surface area contributed by atoms with E-state index in [4.69, 9.17) is 0 Å². The SMILES string of the molecule is CCn1cc(C(=O)NCC(O)CN(C)C)c(C)n1. The van der Waals surface area contributed by atoms with Crippen LogP contribution in [0.4, 0.5) is 0 Å². The predicted octanol–water partition coefficient (Wildman–Crippen LogP) is -0.136. The second kappa shape index (κ2) is 6.51. The Morgan fingerprint density at radius 1 is 1.61 bits per heavy atom. The third-order valence-electron chi connectivity index (χ3n) is 2.59. The standard InChI is InChI=1S/C12H22N4O2/c1-5-16-8-11(9(2)14-16)12(18)13-6-10(17)7-15(3)4/h8,10,17H,5-7H2,1-4H3,(H,13,18). The van der Waals surface area contributed by atoms with Gasteiger partial charge in [0.05, 0.1) is 17.4 Å². The van der Waals surface area contributed by atoms with Crippen LogP contribution < -0.4 is 5.32 Å². The average molecular weight is 254 g/mol. The van der Waals surface area contributed by atoms with Crippen LogP contribution in [0.3, 0.4) is 0 Å². The molecule has 1 atom stereocenters. The van der Waals surface area contributed by atoms with Crippen molar-refractivity contribution in [1.29, 1.82) is 0 Å². The van der Waals surface area contributed by atoms with Crippen LogP contribution >= 0.6 is 0 Å². The Kier molecular flexibility index (Phi) is 5.30. The third kappa shape index (κ3) is 4.12. The Labute approximate surface area is 108 Å². The first-order valence-electron chi connectivity index (χ1n) is 6.09. The lowest BCUT2D eigenvalue weighted by atomic mass is 10.2. The molecular weight excluding hydrogens is 232 g/mol. The Balaban J connectivity index is 2.52. The summed E-state index contributed by atoms with van der Waals surface area (Å²) in [5, 5.41) is 16.6. The number of aromatic nitrogens is 2. The van der Waals surface area contributed by atoms with Crippen LogP contribution in [0.2, 0.25) is 0 Å². The van der Waals surface area contributed by atoms with E-state index < -0.39 is 6.10 Å². The monoisotopic (exact) mass is 254 g/mol. The summed E-state index contributed by atoms with van der Waals surface area (Å²) in [6.07, 6.45) is 1.16. The number of carbonyl (C=O) groups is 1. The summed E-state index contributed by atoms with van der Waals surface area (Å²) >= 11 is 0. The number of aliphatic hydroxyl groups excluding tert-OH is 1. The molecule has 0 bridgehead atoms. The summed E-state index contributed by atoms with van der Waals surface area (Å²) in [6, 6.07) is 0. The molecule has 18 heavy (non-hydrogen) atoms. The van der Waals surface area contributed by atoms with E-state index in [1.54, 1.807) is 17.8 Å². The van der Waals surface area contributed by atoms with Crippen LogP contribution in [0.5, 0.6) is 0 Å². The van der Waals surface area contributed by atoms with Crippen molar-refractivity contribution in [3.05, 3.63) is 17.5 Å². The summed E-state index contributed by atoms with van der Waals surface area (Å²) in [5.41, 5.74) is 1.27. The largest absolute Gasteiger partial charge is 0.390 e. The summed E-state index contributed by atoms with van der Waals surface area (Å²) in [5.74, 6) is -0.190.